The number of carbonyl (C=O) groups excluding carboxylic acids is 3. The van der Waals surface area contributed by atoms with Crippen molar-refractivity contribution in [2.24, 2.45) is 0 Å². The first-order valence-electron chi connectivity index (χ1n) is 11.5. The van der Waals surface area contributed by atoms with Crippen LogP contribution in [-0.2, 0) is 20.9 Å². The number of benzene rings is 3. The van der Waals surface area contributed by atoms with Crippen LogP contribution in [0.1, 0.15) is 29.8 Å². The van der Waals surface area contributed by atoms with Crippen LogP contribution in [0.2, 0.25) is 0 Å². The van der Waals surface area contributed by atoms with Crippen molar-refractivity contribution in [1.29, 1.82) is 0 Å². The van der Waals surface area contributed by atoms with Crippen LogP contribution in [0.3, 0.4) is 0 Å². The van der Waals surface area contributed by atoms with Gasteiger partial charge in [0, 0.05) is 24.3 Å². The topological polar surface area (TPSA) is 94.2 Å². The van der Waals surface area contributed by atoms with Gasteiger partial charge in [0.2, 0.25) is 0 Å². The zero-order valence-electron chi connectivity index (χ0n) is 20.6. The van der Waals surface area contributed by atoms with Crippen molar-refractivity contribution < 1.29 is 28.6 Å². The summed E-state index contributed by atoms with van der Waals surface area (Å²) in [6.07, 6.45) is 0. The van der Waals surface area contributed by atoms with Crippen LogP contribution in [-0.4, -0.2) is 49.0 Å². The minimum Gasteiger partial charge on any atom is -0.497 e. The van der Waals surface area contributed by atoms with Crippen molar-refractivity contribution in [3.05, 3.63) is 90.0 Å². The number of hydrogen-bond acceptors (Lipinski definition) is 6. The van der Waals surface area contributed by atoms with Gasteiger partial charge in [-0.1, -0.05) is 36.4 Å². The summed E-state index contributed by atoms with van der Waals surface area (Å²) in [5.41, 5.74) is 1.86. The molecule has 1 N–H and O–H groups in total. The van der Waals surface area contributed by atoms with E-state index in [-0.39, 0.29) is 36.6 Å². The highest BCUT2D eigenvalue weighted by Crippen LogP contribution is 2.17. The maximum absolute atomic E-state index is 12.7. The van der Waals surface area contributed by atoms with Crippen LogP contribution in [0.25, 0.3) is 0 Å². The molecule has 3 aromatic rings. The van der Waals surface area contributed by atoms with Crippen LogP contribution in [0.4, 0.5) is 5.69 Å². The van der Waals surface area contributed by atoms with Crippen molar-refractivity contribution in [2.75, 3.05) is 25.6 Å². The summed E-state index contributed by atoms with van der Waals surface area (Å²) in [5, 5.41) is 2.72. The summed E-state index contributed by atoms with van der Waals surface area (Å²) in [6.45, 7) is 3.71. The molecular formula is C28H30N2O6. The minimum absolute atomic E-state index is 0.0473. The van der Waals surface area contributed by atoms with E-state index in [4.69, 9.17) is 14.2 Å². The van der Waals surface area contributed by atoms with E-state index >= 15 is 0 Å². The molecule has 0 bridgehead atoms. The van der Waals surface area contributed by atoms with Gasteiger partial charge in [0.1, 0.15) is 11.5 Å². The molecule has 0 unspecified atom stereocenters. The summed E-state index contributed by atoms with van der Waals surface area (Å²) in [4.78, 5) is 38.9. The number of nitrogens with one attached hydrogen (secondary N) is 1. The Morgan fingerprint density at radius 1 is 0.861 bits per heavy atom. The van der Waals surface area contributed by atoms with Gasteiger partial charge < -0.3 is 24.4 Å². The monoisotopic (exact) mass is 490 g/mol. The molecule has 36 heavy (non-hydrogen) atoms. The molecule has 0 atom stereocenters. The standard InChI is InChI=1S/C28H30N2O6/c1-20(2)30(17-21-8-5-4-6-9-21)27(32)19-36-28(33)22-12-14-24(15-13-22)35-18-26(31)29-23-10-7-11-25(16-23)34-3/h4-16,20H,17-19H2,1-3H3,(H,29,31). The Labute approximate surface area is 210 Å². The summed E-state index contributed by atoms with van der Waals surface area (Å²) in [6, 6.07) is 22.7. The Morgan fingerprint density at radius 2 is 1.58 bits per heavy atom. The van der Waals surface area contributed by atoms with E-state index in [1.54, 1.807) is 48.4 Å². The van der Waals surface area contributed by atoms with E-state index < -0.39 is 5.97 Å². The molecule has 0 aliphatic rings. The summed E-state index contributed by atoms with van der Waals surface area (Å²) >= 11 is 0. The number of ether oxygens (including phenoxy) is 3. The van der Waals surface area contributed by atoms with Gasteiger partial charge >= 0.3 is 5.97 Å². The molecule has 0 heterocycles. The van der Waals surface area contributed by atoms with Gasteiger partial charge in [-0.3, -0.25) is 9.59 Å². The Bertz CT molecular complexity index is 1160. The third-order valence-electron chi connectivity index (χ3n) is 5.28. The fraction of sp³-hybridized carbons (Fsp3) is 0.250. The lowest BCUT2D eigenvalue weighted by Gasteiger charge is -2.26. The predicted molar refractivity (Wildman–Crippen MR) is 136 cm³/mol. The Morgan fingerprint density at radius 3 is 2.25 bits per heavy atom. The second-order valence-corrected chi connectivity index (χ2v) is 8.27. The molecule has 8 heteroatoms. The number of methoxy groups -OCH3 is 1. The third kappa shape index (κ3) is 7.87. The quantitative estimate of drug-likeness (QED) is 0.403. The predicted octanol–water partition coefficient (Wildman–Crippen LogP) is 4.31. The van der Waals surface area contributed by atoms with Gasteiger partial charge in [-0.25, -0.2) is 4.79 Å². The molecule has 0 fully saturated rings. The molecule has 0 spiro atoms. The molecule has 0 saturated heterocycles. The maximum atomic E-state index is 12.7. The smallest absolute Gasteiger partial charge is 0.338 e. The fourth-order valence-corrected chi connectivity index (χ4v) is 3.37. The van der Waals surface area contributed by atoms with Crippen LogP contribution in [0.5, 0.6) is 11.5 Å². The first kappa shape index (κ1) is 26.3. The van der Waals surface area contributed by atoms with E-state index in [9.17, 15) is 14.4 Å². The summed E-state index contributed by atoms with van der Waals surface area (Å²) in [7, 11) is 1.55. The first-order valence-corrected chi connectivity index (χ1v) is 11.5. The average Bonchev–Trinajstić information content (AvgIpc) is 2.89. The molecule has 0 aliphatic heterocycles. The van der Waals surface area contributed by atoms with Crippen molar-refractivity contribution in [2.45, 2.75) is 26.4 Å². The normalized spacial score (nSPS) is 10.4. The molecule has 8 nitrogen and oxygen atoms in total. The number of nitrogens with zero attached hydrogens (tertiary/aromatic N) is 1. The van der Waals surface area contributed by atoms with E-state index in [1.165, 1.54) is 12.1 Å². The largest absolute Gasteiger partial charge is 0.497 e. The molecule has 0 aliphatic carbocycles. The highest BCUT2D eigenvalue weighted by molar-refractivity contribution is 5.92. The second-order valence-electron chi connectivity index (χ2n) is 8.27. The minimum atomic E-state index is -0.617. The molecule has 0 radical (unpaired) electrons. The lowest BCUT2D eigenvalue weighted by Crippen LogP contribution is -2.39. The van der Waals surface area contributed by atoms with Gasteiger partial charge in [0.25, 0.3) is 11.8 Å². The van der Waals surface area contributed by atoms with Crippen LogP contribution >= 0.6 is 0 Å². The van der Waals surface area contributed by atoms with Crippen molar-refractivity contribution in [1.82, 2.24) is 4.90 Å². The highest BCUT2D eigenvalue weighted by atomic mass is 16.5. The zero-order chi connectivity index (χ0) is 25.9. The first-order chi connectivity index (χ1) is 17.4. The molecule has 3 aromatic carbocycles. The van der Waals surface area contributed by atoms with Crippen molar-refractivity contribution in [3.63, 3.8) is 0 Å². The lowest BCUT2D eigenvalue weighted by molar-refractivity contribution is -0.137. The van der Waals surface area contributed by atoms with Gasteiger partial charge in [-0.15, -0.1) is 0 Å². The number of anilines is 1. The number of esters is 1. The SMILES string of the molecule is COc1cccc(NC(=O)COc2ccc(C(=O)OCC(=O)N(Cc3ccccc3)C(C)C)cc2)c1. The van der Waals surface area contributed by atoms with Gasteiger partial charge in [-0.05, 0) is 55.8 Å². The van der Waals surface area contributed by atoms with Gasteiger partial charge in [-0.2, -0.15) is 0 Å². The van der Waals surface area contributed by atoms with Crippen LogP contribution in [0, 0.1) is 0 Å². The molecule has 3 rings (SSSR count). The third-order valence-corrected chi connectivity index (χ3v) is 5.28. The van der Waals surface area contributed by atoms with E-state index in [0.29, 0.717) is 23.7 Å². The molecule has 2 amide bonds. The Kier molecular flexibility index (Phi) is 9.45. The summed E-state index contributed by atoms with van der Waals surface area (Å²) in [5.74, 6) is -0.183. The zero-order valence-corrected chi connectivity index (χ0v) is 20.6. The average molecular weight is 491 g/mol. The van der Waals surface area contributed by atoms with Crippen molar-refractivity contribution >= 4 is 23.5 Å². The van der Waals surface area contributed by atoms with Crippen LogP contribution in [0.15, 0.2) is 78.9 Å². The molecule has 0 aromatic heterocycles. The number of carbonyl (C=O) groups is 3. The van der Waals surface area contributed by atoms with E-state index in [1.807, 2.05) is 44.2 Å². The molecule has 0 saturated carbocycles. The number of rotatable bonds is 11. The van der Waals surface area contributed by atoms with Crippen molar-refractivity contribution in [3.8, 4) is 11.5 Å². The van der Waals surface area contributed by atoms with Gasteiger partial charge in [0.15, 0.2) is 13.2 Å². The van der Waals surface area contributed by atoms with Crippen LogP contribution < -0.4 is 14.8 Å². The number of hydrogen-bond donors (Lipinski definition) is 1. The number of amides is 2. The fourth-order valence-electron chi connectivity index (χ4n) is 3.37. The highest BCUT2D eigenvalue weighted by Gasteiger charge is 2.19. The Hall–Kier alpha value is -4.33. The van der Waals surface area contributed by atoms with Gasteiger partial charge in [0.05, 0.1) is 12.7 Å². The lowest BCUT2D eigenvalue weighted by atomic mass is 10.2. The maximum Gasteiger partial charge on any atom is 0.338 e. The molecular weight excluding hydrogens is 460 g/mol. The van der Waals surface area contributed by atoms with E-state index in [0.717, 1.165) is 5.56 Å². The molecule has 188 valence electrons. The Balaban J connectivity index is 1.47. The summed E-state index contributed by atoms with van der Waals surface area (Å²) < 4.78 is 15.9. The second kappa shape index (κ2) is 12.9. The van der Waals surface area contributed by atoms with E-state index in [2.05, 4.69) is 5.32 Å².